The van der Waals surface area contributed by atoms with E-state index in [0.717, 1.165) is 27.7 Å². The molecular formula is C26H24N2O4. The predicted octanol–water partition coefficient (Wildman–Crippen LogP) is 5.33. The van der Waals surface area contributed by atoms with Gasteiger partial charge in [-0.2, -0.15) is 0 Å². The number of rotatable bonds is 7. The van der Waals surface area contributed by atoms with Crippen molar-refractivity contribution >= 4 is 28.5 Å². The highest BCUT2D eigenvalue weighted by Gasteiger charge is 2.26. The highest BCUT2D eigenvalue weighted by molar-refractivity contribution is 5.99. The van der Waals surface area contributed by atoms with Gasteiger partial charge in [0.15, 0.2) is 0 Å². The average molecular weight is 428 g/mol. The maximum absolute atomic E-state index is 12.6. The molecular weight excluding hydrogens is 404 g/mol. The fraction of sp³-hybridized carbons (Fsp3) is 0.154. The molecule has 0 saturated carbocycles. The molecule has 0 aliphatic heterocycles. The zero-order valence-electron chi connectivity index (χ0n) is 17.9. The molecule has 0 spiro atoms. The largest absolute Gasteiger partial charge is 0.464 e. The number of H-pyrrole nitrogens is 1. The van der Waals surface area contributed by atoms with Crippen molar-refractivity contribution < 1.29 is 19.1 Å². The van der Waals surface area contributed by atoms with E-state index in [4.69, 9.17) is 9.47 Å². The Morgan fingerprint density at radius 1 is 0.906 bits per heavy atom. The van der Waals surface area contributed by atoms with Crippen molar-refractivity contribution in [3.8, 4) is 0 Å². The van der Waals surface area contributed by atoms with Gasteiger partial charge in [0, 0.05) is 22.2 Å². The molecule has 4 aromatic rings. The second-order valence-corrected chi connectivity index (χ2v) is 7.24. The van der Waals surface area contributed by atoms with Gasteiger partial charge in [0.25, 0.3) is 0 Å². The molecule has 0 bridgehead atoms. The maximum atomic E-state index is 12.6. The number of methoxy groups -OCH3 is 1. The molecule has 1 atom stereocenters. The molecule has 4 rings (SSSR count). The van der Waals surface area contributed by atoms with Crippen molar-refractivity contribution in [3.05, 3.63) is 101 Å². The molecule has 3 aromatic carbocycles. The van der Waals surface area contributed by atoms with E-state index in [2.05, 4.69) is 10.3 Å². The number of fused-ring (bicyclic) bond motifs is 1. The smallest absolute Gasteiger partial charge is 0.354 e. The van der Waals surface area contributed by atoms with Crippen molar-refractivity contribution in [2.75, 3.05) is 19.0 Å². The van der Waals surface area contributed by atoms with Crippen molar-refractivity contribution in [1.29, 1.82) is 0 Å². The number of para-hydroxylation sites is 1. The zero-order valence-corrected chi connectivity index (χ0v) is 17.9. The Kier molecular flexibility index (Phi) is 6.22. The first kappa shape index (κ1) is 21.2. The monoisotopic (exact) mass is 428 g/mol. The molecule has 1 heterocycles. The normalized spacial score (nSPS) is 11.7. The van der Waals surface area contributed by atoms with E-state index in [0.29, 0.717) is 17.9 Å². The standard InChI is InChI=1S/C26H24N2O4/c1-3-32-25(29)18-13-15-19(16-14-18)27-23(17-9-5-4-6-10-17)22-20-11-7-8-12-21(20)28-24(22)26(30)31-2/h4-16,23,27-28H,3H2,1-2H3/t23-/m1/s1. The van der Waals surface area contributed by atoms with Crippen molar-refractivity contribution in [2.24, 2.45) is 0 Å². The Labute approximate surface area is 186 Å². The van der Waals surface area contributed by atoms with E-state index >= 15 is 0 Å². The van der Waals surface area contributed by atoms with Crippen LogP contribution in [-0.2, 0) is 9.47 Å². The average Bonchev–Trinajstić information content (AvgIpc) is 3.22. The number of benzene rings is 3. The summed E-state index contributed by atoms with van der Waals surface area (Å²) < 4.78 is 10.1. The van der Waals surface area contributed by atoms with Crippen molar-refractivity contribution in [1.82, 2.24) is 4.98 Å². The number of anilines is 1. The molecule has 0 saturated heterocycles. The van der Waals surface area contributed by atoms with Gasteiger partial charge in [0.1, 0.15) is 5.69 Å². The van der Waals surface area contributed by atoms with Crippen LogP contribution < -0.4 is 5.32 Å². The Balaban J connectivity index is 1.80. The fourth-order valence-corrected chi connectivity index (χ4v) is 3.78. The van der Waals surface area contributed by atoms with E-state index < -0.39 is 5.97 Å². The van der Waals surface area contributed by atoms with Crippen LogP contribution in [0.25, 0.3) is 10.9 Å². The Hall–Kier alpha value is -4.06. The number of hydrogen-bond acceptors (Lipinski definition) is 5. The van der Waals surface area contributed by atoms with E-state index in [1.807, 2.05) is 66.7 Å². The number of aromatic amines is 1. The van der Waals surface area contributed by atoms with Gasteiger partial charge in [-0.05, 0) is 42.8 Å². The number of esters is 2. The predicted molar refractivity (Wildman–Crippen MR) is 124 cm³/mol. The third-order valence-electron chi connectivity index (χ3n) is 5.26. The molecule has 2 N–H and O–H groups in total. The first-order valence-corrected chi connectivity index (χ1v) is 10.4. The van der Waals surface area contributed by atoms with Gasteiger partial charge in [-0.15, -0.1) is 0 Å². The topological polar surface area (TPSA) is 80.4 Å². The van der Waals surface area contributed by atoms with E-state index in [1.165, 1.54) is 7.11 Å². The maximum Gasteiger partial charge on any atom is 0.354 e. The van der Waals surface area contributed by atoms with Crippen LogP contribution in [0.5, 0.6) is 0 Å². The third kappa shape index (κ3) is 4.21. The number of ether oxygens (including phenoxy) is 2. The van der Waals surface area contributed by atoms with Crippen LogP contribution in [0.15, 0.2) is 78.9 Å². The Morgan fingerprint density at radius 3 is 2.28 bits per heavy atom. The quantitative estimate of drug-likeness (QED) is 0.389. The molecule has 0 amide bonds. The van der Waals surface area contributed by atoms with Crippen LogP contribution in [0.2, 0.25) is 0 Å². The summed E-state index contributed by atoms with van der Waals surface area (Å²) in [6.07, 6.45) is 0. The van der Waals surface area contributed by atoms with Crippen LogP contribution in [0.1, 0.15) is 44.9 Å². The number of nitrogens with one attached hydrogen (secondary N) is 2. The lowest BCUT2D eigenvalue weighted by Crippen LogP contribution is -2.16. The summed E-state index contributed by atoms with van der Waals surface area (Å²) in [6, 6.07) is 24.4. The van der Waals surface area contributed by atoms with Crippen molar-refractivity contribution in [2.45, 2.75) is 13.0 Å². The van der Waals surface area contributed by atoms with Gasteiger partial charge in [0.05, 0.1) is 25.3 Å². The molecule has 6 nitrogen and oxygen atoms in total. The van der Waals surface area contributed by atoms with Gasteiger partial charge < -0.3 is 19.8 Å². The molecule has 0 radical (unpaired) electrons. The molecule has 162 valence electrons. The summed E-state index contributed by atoms with van der Waals surface area (Å²) in [4.78, 5) is 27.8. The number of carbonyl (C=O) groups excluding carboxylic acids is 2. The van der Waals surface area contributed by atoms with Crippen molar-refractivity contribution in [3.63, 3.8) is 0 Å². The lowest BCUT2D eigenvalue weighted by molar-refractivity contribution is 0.0525. The lowest BCUT2D eigenvalue weighted by Gasteiger charge is -2.22. The van der Waals surface area contributed by atoms with Crippen LogP contribution in [-0.4, -0.2) is 30.6 Å². The number of hydrogen-bond donors (Lipinski definition) is 2. The van der Waals surface area contributed by atoms with Gasteiger partial charge in [-0.3, -0.25) is 0 Å². The summed E-state index contributed by atoms with van der Waals surface area (Å²) in [5, 5.41) is 4.46. The Bertz CT molecular complexity index is 1230. The SMILES string of the molecule is CCOC(=O)c1ccc(N[C@H](c2ccccc2)c2c(C(=O)OC)[nH]c3ccccc23)cc1. The Morgan fingerprint density at radius 2 is 1.59 bits per heavy atom. The van der Waals surface area contributed by atoms with Crippen LogP contribution in [0.4, 0.5) is 5.69 Å². The van der Waals surface area contributed by atoms with E-state index in [9.17, 15) is 9.59 Å². The second-order valence-electron chi connectivity index (χ2n) is 7.24. The first-order valence-electron chi connectivity index (χ1n) is 10.4. The highest BCUT2D eigenvalue weighted by atomic mass is 16.5. The second kappa shape index (κ2) is 9.39. The summed E-state index contributed by atoms with van der Waals surface area (Å²) in [5.41, 5.74) is 4.32. The van der Waals surface area contributed by atoms with Crippen LogP contribution >= 0.6 is 0 Å². The molecule has 1 aromatic heterocycles. The van der Waals surface area contributed by atoms with Gasteiger partial charge in [0.2, 0.25) is 0 Å². The van der Waals surface area contributed by atoms with E-state index in [-0.39, 0.29) is 12.0 Å². The summed E-state index contributed by atoms with van der Waals surface area (Å²) in [5.74, 6) is -0.792. The molecule has 0 aliphatic rings. The highest BCUT2D eigenvalue weighted by Crippen LogP contribution is 2.35. The minimum absolute atomic E-state index is 0.325. The lowest BCUT2D eigenvalue weighted by atomic mass is 9.95. The van der Waals surface area contributed by atoms with Crippen LogP contribution in [0, 0.1) is 0 Å². The summed E-state index contributed by atoms with van der Waals surface area (Å²) in [7, 11) is 1.37. The molecule has 0 fully saturated rings. The zero-order chi connectivity index (χ0) is 22.5. The minimum Gasteiger partial charge on any atom is -0.464 e. The summed E-state index contributed by atoms with van der Waals surface area (Å²) in [6.45, 7) is 2.10. The molecule has 32 heavy (non-hydrogen) atoms. The van der Waals surface area contributed by atoms with Gasteiger partial charge in [-0.1, -0.05) is 48.5 Å². The van der Waals surface area contributed by atoms with Gasteiger partial charge >= 0.3 is 11.9 Å². The molecule has 6 heteroatoms. The van der Waals surface area contributed by atoms with Gasteiger partial charge in [-0.25, -0.2) is 9.59 Å². The minimum atomic E-state index is -0.434. The van der Waals surface area contributed by atoms with E-state index in [1.54, 1.807) is 19.1 Å². The fourth-order valence-electron chi connectivity index (χ4n) is 3.78. The number of carbonyl (C=O) groups is 2. The molecule has 0 unspecified atom stereocenters. The number of aromatic nitrogens is 1. The first-order chi connectivity index (χ1) is 15.6. The summed E-state index contributed by atoms with van der Waals surface area (Å²) >= 11 is 0. The molecule has 0 aliphatic carbocycles. The van der Waals surface area contributed by atoms with Crippen LogP contribution in [0.3, 0.4) is 0 Å². The third-order valence-corrected chi connectivity index (χ3v) is 5.26.